The van der Waals surface area contributed by atoms with Crippen molar-refractivity contribution in [3.8, 4) is 0 Å². The van der Waals surface area contributed by atoms with Crippen LogP contribution in [0.3, 0.4) is 0 Å². The number of allylic oxidation sites excluding steroid dienone is 1. The van der Waals surface area contributed by atoms with E-state index in [0.717, 1.165) is 6.54 Å². The van der Waals surface area contributed by atoms with Gasteiger partial charge in [0.1, 0.15) is 0 Å². The van der Waals surface area contributed by atoms with Gasteiger partial charge in [0.05, 0.1) is 9.99 Å². The van der Waals surface area contributed by atoms with Gasteiger partial charge in [0.15, 0.2) is 24.7 Å². The summed E-state index contributed by atoms with van der Waals surface area (Å²) in [5.74, 6) is 0.136. The van der Waals surface area contributed by atoms with Crippen molar-refractivity contribution in [2.24, 2.45) is 0 Å². The number of nitrogens with zero attached hydrogens (tertiary/aromatic N) is 1. The van der Waals surface area contributed by atoms with Crippen LogP contribution in [-0.4, -0.2) is 5.78 Å². The van der Waals surface area contributed by atoms with Crippen LogP contribution in [0.25, 0.3) is 0 Å². The van der Waals surface area contributed by atoms with Gasteiger partial charge >= 0.3 is 0 Å². The Kier molecular flexibility index (Phi) is 4.25. The molecule has 0 saturated carbocycles. The summed E-state index contributed by atoms with van der Waals surface area (Å²) in [7, 11) is 0. The Labute approximate surface area is 97.8 Å². The van der Waals surface area contributed by atoms with E-state index in [9.17, 15) is 4.79 Å². The number of aryl methyl sites for hydroxylation is 1. The molecular weight excluding hydrogens is 289 g/mol. The summed E-state index contributed by atoms with van der Waals surface area (Å²) in [5, 5.41) is 0. The lowest BCUT2D eigenvalue weighted by Gasteiger charge is -1.97. The Morgan fingerprint density at radius 2 is 2.36 bits per heavy atom. The SMILES string of the molecule is C=C(C)C(=O)CC[n+]1cccc(I)c1. The molecule has 0 spiro atoms. The Balaban J connectivity index is 2.54. The van der Waals surface area contributed by atoms with Crippen molar-refractivity contribution >= 4 is 28.4 Å². The number of carbonyl (C=O) groups excluding carboxylic acids is 1. The summed E-state index contributed by atoms with van der Waals surface area (Å²) >= 11 is 2.25. The molecule has 74 valence electrons. The molecule has 0 aliphatic rings. The maximum absolute atomic E-state index is 11.3. The number of rotatable bonds is 4. The number of ketones is 1. The molecule has 1 aromatic rings. The highest BCUT2D eigenvalue weighted by molar-refractivity contribution is 14.1. The molecule has 0 fully saturated rings. The smallest absolute Gasteiger partial charge is 0.182 e. The number of carbonyl (C=O) groups is 1. The van der Waals surface area contributed by atoms with Crippen LogP contribution in [0.4, 0.5) is 0 Å². The topological polar surface area (TPSA) is 20.9 Å². The van der Waals surface area contributed by atoms with Gasteiger partial charge in [-0.15, -0.1) is 0 Å². The Bertz CT molecular complexity index is 360. The first-order chi connectivity index (χ1) is 6.59. The van der Waals surface area contributed by atoms with E-state index in [1.54, 1.807) is 6.92 Å². The predicted octanol–water partition coefficient (Wildman–Crippen LogP) is 2.11. The summed E-state index contributed by atoms with van der Waals surface area (Å²) in [5.41, 5.74) is 0.635. The molecule has 0 aliphatic heterocycles. The second-order valence-electron chi connectivity index (χ2n) is 3.21. The zero-order valence-corrected chi connectivity index (χ0v) is 10.3. The lowest BCUT2D eigenvalue weighted by Crippen LogP contribution is -2.34. The van der Waals surface area contributed by atoms with Crippen molar-refractivity contribution < 1.29 is 9.36 Å². The number of Topliss-reactive ketones (excluding diaryl/α,β-unsaturated/α-hetero) is 1. The minimum atomic E-state index is 0.136. The summed E-state index contributed by atoms with van der Waals surface area (Å²) in [4.78, 5) is 11.3. The fourth-order valence-corrected chi connectivity index (χ4v) is 1.64. The molecule has 1 heterocycles. The third-order valence-corrected chi connectivity index (χ3v) is 2.53. The summed E-state index contributed by atoms with van der Waals surface area (Å²) < 4.78 is 3.19. The van der Waals surface area contributed by atoms with E-state index in [2.05, 4.69) is 29.2 Å². The van der Waals surface area contributed by atoms with E-state index >= 15 is 0 Å². The second-order valence-corrected chi connectivity index (χ2v) is 4.46. The van der Waals surface area contributed by atoms with Gasteiger partial charge in [-0.3, -0.25) is 4.79 Å². The highest BCUT2D eigenvalue weighted by Gasteiger charge is 2.06. The molecule has 0 unspecified atom stereocenters. The molecule has 0 aromatic carbocycles. The third-order valence-electron chi connectivity index (χ3n) is 1.90. The number of aromatic nitrogens is 1. The maximum atomic E-state index is 11.3. The highest BCUT2D eigenvalue weighted by Crippen LogP contribution is 1.99. The number of pyridine rings is 1. The van der Waals surface area contributed by atoms with Crippen LogP contribution < -0.4 is 4.57 Å². The third kappa shape index (κ3) is 3.57. The van der Waals surface area contributed by atoms with Crippen LogP contribution in [-0.2, 0) is 11.3 Å². The number of hydrogen-bond donors (Lipinski definition) is 0. The fraction of sp³-hybridized carbons (Fsp3) is 0.273. The minimum Gasteiger partial charge on any atom is -0.294 e. The van der Waals surface area contributed by atoms with Gasteiger partial charge in [0.25, 0.3) is 0 Å². The summed E-state index contributed by atoms with van der Waals surface area (Å²) in [6.07, 6.45) is 4.51. The average Bonchev–Trinajstić information content (AvgIpc) is 2.14. The highest BCUT2D eigenvalue weighted by atomic mass is 127. The van der Waals surface area contributed by atoms with E-state index in [1.165, 1.54) is 3.57 Å². The van der Waals surface area contributed by atoms with Crippen molar-refractivity contribution in [3.05, 3.63) is 40.2 Å². The lowest BCUT2D eigenvalue weighted by atomic mass is 10.1. The Hall–Kier alpha value is -0.710. The minimum absolute atomic E-state index is 0.136. The molecule has 14 heavy (non-hydrogen) atoms. The largest absolute Gasteiger partial charge is 0.294 e. The van der Waals surface area contributed by atoms with Crippen LogP contribution in [0.15, 0.2) is 36.7 Å². The van der Waals surface area contributed by atoms with Gasteiger partial charge in [-0.1, -0.05) is 6.58 Å². The molecular formula is C11H13INO+. The lowest BCUT2D eigenvalue weighted by molar-refractivity contribution is -0.696. The van der Waals surface area contributed by atoms with Crippen molar-refractivity contribution in [1.29, 1.82) is 0 Å². The van der Waals surface area contributed by atoms with Crippen molar-refractivity contribution in [3.63, 3.8) is 0 Å². The van der Waals surface area contributed by atoms with Crippen LogP contribution in [0, 0.1) is 3.57 Å². The van der Waals surface area contributed by atoms with E-state index in [-0.39, 0.29) is 5.78 Å². The zero-order chi connectivity index (χ0) is 10.6. The van der Waals surface area contributed by atoms with Crippen molar-refractivity contribution in [2.75, 3.05) is 0 Å². The summed E-state index contributed by atoms with van der Waals surface area (Å²) in [6.45, 7) is 6.10. The second kappa shape index (κ2) is 5.24. The van der Waals surface area contributed by atoms with Crippen LogP contribution >= 0.6 is 22.6 Å². The van der Waals surface area contributed by atoms with Crippen LogP contribution in [0.1, 0.15) is 13.3 Å². The van der Waals surface area contributed by atoms with Gasteiger partial charge in [0, 0.05) is 6.07 Å². The maximum Gasteiger partial charge on any atom is 0.182 e. The van der Waals surface area contributed by atoms with Gasteiger partial charge in [-0.25, -0.2) is 4.57 Å². The van der Waals surface area contributed by atoms with Crippen molar-refractivity contribution in [1.82, 2.24) is 0 Å². The zero-order valence-electron chi connectivity index (χ0n) is 8.16. The van der Waals surface area contributed by atoms with Gasteiger partial charge in [-0.2, -0.15) is 0 Å². The molecule has 0 aliphatic carbocycles. The monoisotopic (exact) mass is 302 g/mol. The number of hydrogen-bond acceptors (Lipinski definition) is 1. The first-order valence-corrected chi connectivity index (χ1v) is 5.51. The molecule has 1 rings (SSSR count). The molecule has 0 saturated heterocycles. The molecule has 2 nitrogen and oxygen atoms in total. The molecule has 0 radical (unpaired) electrons. The summed E-state index contributed by atoms with van der Waals surface area (Å²) in [6, 6.07) is 4.00. The molecule has 0 amide bonds. The number of halogens is 1. The van der Waals surface area contributed by atoms with E-state index in [0.29, 0.717) is 12.0 Å². The predicted molar refractivity (Wildman–Crippen MR) is 63.8 cm³/mol. The first kappa shape index (κ1) is 11.4. The Morgan fingerprint density at radius 1 is 1.64 bits per heavy atom. The molecule has 0 bridgehead atoms. The van der Waals surface area contributed by atoms with Crippen LogP contribution in [0.5, 0.6) is 0 Å². The normalized spacial score (nSPS) is 9.86. The fourth-order valence-electron chi connectivity index (χ4n) is 1.07. The van der Waals surface area contributed by atoms with Crippen molar-refractivity contribution in [2.45, 2.75) is 19.9 Å². The van der Waals surface area contributed by atoms with E-state index in [1.807, 2.05) is 29.1 Å². The van der Waals surface area contributed by atoms with Crippen LogP contribution in [0.2, 0.25) is 0 Å². The van der Waals surface area contributed by atoms with E-state index < -0.39 is 0 Å². The first-order valence-electron chi connectivity index (χ1n) is 4.43. The molecule has 0 N–H and O–H groups in total. The van der Waals surface area contributed by atoms with Gasteiger partial charge in [-0.05, 0) is 41.2 Å². The quantitative estimate of drug-likeness (QED) is 0.474. The standard InChI is InChI=1S/C11H13INO/c1-9(2)11(14)5-7-13-6-3-4-10(12)8-13/h3-4,6,8H,1,5,7H2,2H3/q+1. The Morgan fingerprint density at radius 3 is 2.93 bits per heavy atom. The van der Waals surface area contributed by atoms with Gasteiger partial charge in [0.2, 0.25) is 0 Å². The molecule has 1 aromatic heterocycles. The molecule has 0 atom stereocenters. The average molecular weight is 302 g/mol. The van der Waals surface area contributed by atoms with Gasteiger partial charge < -0.3 is 0 Å². The van der Waals surface area contributed by atoms with E-state index in [4.69, 9.17) is 0 Å². The molecule has 3 heteroatoms.